The van der Waals surface area contributed by atoms with E-state index in [1.165, 1.54) is 6.20 Å². The smallest absolute Gasteiger partial charge is 0.251 e. The molecule has 1 aromatic heterocycles. The number of hydrogen-bond acceptors (Lipinski definition) is 4. The normalized spacial score (nSPS) is 20.1. The van der Waals surface area contributed by atoms with Crippen LogP contribution in [0.3, 0.4) is 0 Å². The molecule has 1 aliphatic heterocycles. The summed E-state index contributed by atoms with van der Waals surface area (Å²) in [6.07, 6.45) is 2.39. The predicted molar refractivity (Wildman–Crippen MR) is 55.3 cm³/mol. The van der Waals surface area contributed by atoms with Gasteiger partial charge in [0.25, 0.3) is 5.91 Å². The zero-order valence-electron chi connectivity index (χ0n) is 8.27. The van der Waals surface area contributed by atoms with Crippen LogP contribution in [0.15, 0.2) is 18.3 Å². The van der Waals surface area contributed by atoms with E-state index in [2.05, 4.69) is 10.3 Å². The highest BCUT2D eigenvalue weighted by molar-refractivity contribution is 5.94. The van der Waals surface area contributed by atoms with Crippen LogP contribution < -0.4 is 11.1 Å². The molecule has 2 rings (SSSR count). The van der Waals surface area contributed by atoms with Crippen molar-refractivity contribution in [1.29, 1.82) is 0 Å². The van der Waals surface area contributed by atoms with Crippen LogP contribution >= 0.6 is 0 Å². The van der Waals surface area contributed by atoms with Gasteiger partial charge in [-0.3, -0.25) is 4.79 Å². The predicted octanol–water partition coefficient (Wildman–Crippen LogP) is 0.182. The molecule has 1 aromatic rings. The van der Waals surface area contributed by atoms with Crippen LogP contribution in [0.1, 0.15) is 16.8 Å². The van der Waals surface area contributed by atoms with E-state index in [0.717, 1.165) is 6.42 Å². The van der Waals surface area contributed by atoms with Gasteiger partial charge in [0.15, 0.2) is 0 Å². The average molecular weight is 207 g/mol. The number of anilines is 1. The monoisotopic (exact) mass is 207 g/mol. The van der Waals surface area contributed by atoms with Crippen LogP contribution in [0.2, 0.25) is 0 Å². The first-order valence-electron chi connectivity index (χ1n) is 4.86. The molecule has 0 aromatic carbocycles. The number of nitrogens with two attached hydrogens (primary N) is 1. The Morgan fingerprint density at radius 2 is 2.53 bits per heavy atom. The summed E-state index contributed by atoms with van der Waals surface area (Å²) in [5, 5.41) is 2.88. The van der Waals surface area contributed by atoms with E-state index < -0.39 is 0 Å². The number of pyridine rings is 1. The Kier molecular flexibility index (Phi) is 2.82. The summed E-state index contributed by atoms with van der Waals surface area (Å²) in [7, 11) is 0. The van der Waals surface area contributed by atoms with Crippen molar-refractivity contribution in [3.8, 4) is 0 Å². The zero-order chi connectivity index (χ0) is 10.7. The van der Waals surface area contributed by atoms with Crippen LogP contribution in [-0.4, -0.2) is 30.1 Å². The van der Waals surface area contributed by atoms with Crippen molar-refractivity contribution in [1.82, 2.24) is 10.3 Å². The van der Waals surface area contributed by atoms with Gasteiger partial charge in [0.05, 0.1) is 12.6 Å². The SMILES string of the molecule is Nc1cc(C(=O)NC2CCOC2)ccn1. The summed E-state index contributed by atoms with van der Waals surface area (Å²) >= 11 is 0. The van der Waals surface area contributed by atoms with Crippen LogP contribution in [-0.2, 0) is 4.74 Å². The van der Waals surface area contributed by atoms with Gasteiger partial charge in [0.1, 0.15) is 5.82 Å². The summed E-state index contributed by atoms with van der Waals surface area (Å²) < 4.78 is 5.17. The molecule has 0 aliphatic carbocycles. The van der Waals surface area contributed by atoms with E-state index in [1.54, 1.807) is 12.1 Å². The van der Waals surface area contributed by atoms with Gasteiger partial charge in [0.2, 0.25) is 0 Å². The fourth-order valence-electron chi connectivity index (χ4n) is 1.51. The quantitative estimate of drug-likeness (QED) is 0.725. The average Bonchev–Trinajstić information content (AvgIpc) is 2.70. The highest BCUT2D eigenvalue weighted by Gasteiger charge is 2.18. The molecule has 15 heavy (non-hydrogen) atoms. The van der Waals surface area contributed by atoms with Gasteiger partial charge in [-0.15, -0.1) is 0 Å². The summed E-state index contributed by atoms with van der Waals surface area (Å²) in [4.78, 5) is 15.5. The Balaban J connectivity index is 2.01. The third kappa shape index (κ3) is 2.44. The van der Waals surface area contributed by atoms with Crippen LogP contribution in [0.25, 0.3) is 0 Å². The fourth-order valence-corrected chi connectivity index (χ4v) is 1.51. The third-order valence-electron chi connectivity index (χ3n) is 2.31. The molecule has 0 radical (unpaired) electrons. The minimum absolute atomic E-state index is 0.117. The second-order valence-corrected chi connectivity index (χ2v) is 3.50. The van der Waals surface area contributed by atoms with E-state index in [0.29, 0.717) is 24.6 Å². The van der Waals surface area contributed by atoms with Crippen molar-refractivity contribution in [2.75, 3.05) is 18.9 Å². The lowest BCUT2D eigenvalue weighted by atomic mass is 10.2. The molecule has 3 N–H and O–H groups in total. The minimum atomic E-state index is -0.125. The Hall–Kier alpha value is -1.62. The van der Waals surface area contributed by atoms with Crippen molar-refractivity contribution in [3.63, 3.8) is 0 Å². The van der Waals surface area contributed by atoms with Gasteiger partial charge >= 0.3 is 0 Å². The zero-order valence-corrected chi connectivity index (χ0v) is 8.27. The van der Waals surface area contributed by atoms with Crippen molar-refractivity contribution in [3.05, 3.63) is 23.9 Å². The molecule has 1 aliphatic rings. The van der Waals surface area contributed by atoms with Crippen molar-refractivity contribution in [2.24, 2.45) is 0 Å². The first-order valence-corrected chi connectivity index (χ1v) is 4.86. The molecular weight excluding hydrogens is 194 g/mol. The second kappa shape index (κ2) is 4.27. The van der Waals surface area contributed by atoms with E-state index in [9.17, 15) is 4.79 Å². The maximum Gasteiger partial charge on any atom is 0.251 e. The molecule has 1 amide bonds. The fraction of sp³-hybridized carbons (Fsp3) is 0.400. The standard InChI is InChI=1S/C10H13N3O2/c11-9-5-7(1-3-12-9)10(14)13-8-2-4-15-6-8/h1,3,5,8H,2,4,6H2,(H2,11,12)(H,13,14). The van der Waals surface area contributed by atoms with E-state index in [1.807, 2.05) is 0 Å². The van der Waals surface area contributed by atoms with E-state index in [4.69, 9.17) is 10.5 Å². The molecule has 2 heterocycles. The third-order valence-corrected chi connectivity index (χ3v) is 2.31. The Bertz CT molecular complexity index is 361. The minimum Gasteiger partial charge on any atom is -0.384 e. The topological polar surface area (TPSA) is 77.2 Å². The maximum absolute atomic E-state index is 11.7. The van der Waals surface area contributed by atoms with Crippen molar-refractivity contribution in [2.45, 2.75) is 12.5 Å². The molecule has 0 saturated carbocycles. The Morgan fingerprint density at radius 1 is 1.67 bits per heavy atom. The molecule has 1 fully saturated rings. The number of carbonyl (C=O) groups is 1. The van der Waals surface area contributed by atoms with Gasteiger partial charge < -0.3 is 15.8 Å². The van der Waals surface area contributed by atoms with Crippen LogP contribution in [0.4, 0.5) is 5.82 Å². The second-order valence-electron chi connectivity index (χ2n) is 3.50. The maximum atomic E-state index is 11.7. The number of carbonyl (C=O) groups excluding carboxylic acids is 1. The molecule has 1 atom stereocenters. The van der Waals surface area contributed by atoms with Crippen LogP contribution in [0, 0.1) is 0 Å². The molecule has 5 heteroatoms. The van der Waals surface area contributed by atoms with Crippen molar-refractivity contribution < 1.29 is 9.53 Å². The van der Waals surface area contributed by atoms with E-state index >= 15 is 0 Å². The first kappa shape index (κ1) is 9.92. The van der Waals surface area contributed by atoms with Gasteiger partial charge in [-0.2, -0.15) is 0 Å². The number of ether oxygens (including phenoxy) is 1. The van der Waals surface area contributed by atoms with E-state index in [-0.39, 0.29) is 11.9 Å². The summed E-state index contributed by atoms with van der Waals surface area (Å²) in [5.41, 5.74) is 6.03. The van der Waals surface area contributed by atoms with Crippen molar-refractivity contribution >= 4 is 11.7 Å². The van der Waals surface area contributed by atoms with Crippen LogP contribution in [0.5, 0.6) is 0 Å². The number of nitrogens with one attached hydrogen (secondary N) is 1. The number of amides is 1. The Labute approximate surface area is 87.6 Å². The van der Waals surface area contributed by atoms with Gasteiger partial charge in [-0.1, -0.05) is 0 Å². The lowest BCUT2D eigenvalue weighted by Gasteiger charge is -2.10. The van der Waals surface area contributed by atoms with Gasteiger partial charge in [0, 0.05) is 18.4 Å². The molecule has 1 unspecified atom stereocenters. The highest BCUT2D eigenvalue weighted by Crippen LogP contribution is 2.07. The lowest BCUT2D eigenvalue weighted by Crippen LogP contribution is -2.35. The first-order chi connectivity index (χ1) is 7.25. The number of aromatic nitrogens is 1. The molecule has 0 bridgehead atoms. The molecule has 5 nitrogen and oxygen atoms in total. The number of rotatable bonds is 2. The summed E-state index contributed by atoms with van der Waals surface area (Å²) in [5.74, 6) is 0.227. The summed E-state index contributed by atoms with van der Waals surface area (Å²) in [6.45, 7) is 1.30. The molecule has 80 valence electrons. The Morgan fingerprint density at radius 3 is 3.20 bits per heavy atom. The lowest BCUT2D eigenvalue weighted by molar-refractivity contribution is 0.0930. The van der Waals surface area contributed by atoms with Gasteiger partial charge in [-0.25, -0.2) is 4.98 Å². The number of hydrogen-bond donors (Lipinski definition) is 2. The molecular formula is C10H13N3O2. The number of nitrogens with zero attached hydrogens (tertiary/aromatic N) is 1. The summed E-state index contributed by atoms with van der Waals surface area (Å²) in [6, 6.07) is 3.32. The van der Waals surface area contributed by atoms with Gasteiger partial charge in [-0.05, 0) is 18.6 Å². The molecule has 0 spiro atoms. The number of nitrogen functional groups attached to an aromatic ring is 1. The largest absolute Gasteiger partial charge is 0.384 e. The molecule has 1 saturated heterocycles. The highest BCUT2D eigenvalue weighted by atomic mass is 16.5.